The maximum atomic E-state index is 5.65. The lowest BCUT2D eigenvalue weighted by Crippen LogP contribution is -2.21. The van der Waals surface area contributed by atoms with Gasteiger partial charge in [0.05, 0.1) is 18.6 Å². The average Bonchev–Trinajstić information content (AvgIpc) is 2.86. The highest BCUT2D eigenvalue weighted by Crippen LogP contribution is 2.08. The zero-order chi connectivity index (χ0) is 13.5. The second-order valence-electron chi connectivity index (χ2n) is 4.80. The van der Waals surface area contributed by atoms with Gasteiger partial charge in [-0.15, -0.1) is 0 Å². The molecule has 4 heteroatoms. The lowest BCUT2D eigenvalue weighted by molar-refractivity contribution is 0.298. The fourth-order valence-corrected chi connectivity index (χ4v) is 1.71. The zero-order valence-electron chi connectivity index (χ0n) is 11.5. The third-order valence-electron chi connectivity index (χ3n) is 2.74. The monoisotopic (exact) mass is 259 g/mol. The number of nitrogens with one attached hydrogen (secondary N) is 1. The Morgan fingerprint density at radius 1 is 1.26 bits per heavy atom. The van der Waals surface area contributed by atoms with E-state index in [0.717, 1.165) is 24.5 Å². The molecular formula is C15H21N3O. The van der Waals surface area contributed by atoms with E-state index in [1.807, 2.05) is 36.7 Å². The summed E-state index contributed by atoms with van der Waals surface area (Å²) in [6, 6.07) is 10.3. The third-order valence-corrected chi connectivity index (χ3v) is 2.74. The minimum Gasteiger partial charge on any atom is -0.492 e. The van der Waals surface area contributed by atoms with E-state index < -0.39 is 0 Å². The predicted octanol–water partition coefficient (Wildman–Crippen LogP) is 2.46. The molecule has 0 radical (unpaired) electrons. The summed E-state index contributed by atoms with van der Waals surface area (Å²) >= 11 is 0. The Labute approximate surface area is 114 Å². The molecule has 0 amide bonds. The van der Waals surface area contributed by atoms with Crippen molar-refractivity contribution in [2.75, 3.05) is 6.61 Å². The molecule has 0 bridgehead atoms. The fourth-order valence-electron chi connectivity index (χ4n) is 1.71. The average molecular weight is 259 g/mol. The Hall–Kier alpha value is -1.81. The molecule has 0 aliphatic rings. The number of hydrogen-bond donors (Lipinski definition) is 1. The van der Waals surface area contributed by atoms with Crippen LogP contribution in [-0.2, 0) is 13.1 Å². The first-order valence-corrected chi connectivity index (χ1v) is 6.66. The first kappa shape index (κ1) is 13.6. The maximum absolute atomic E-state index is 5.65. The van der Waals surface area contributed by atoms with Crippen LogP contribution in [0.4, 0.5) is 0 Å². The molecule has 19 heavy (non-hydrogen) atoms. The SMILES string of the molecule is CC(C)NCc1cn(CCOc2ccccc2)cn1. The van der Waals surface area contributed by atoms with Crippen molar-refractivity contribution in [1.82, 2.24) is 14.9 Å². The molecule has 1 aromatic heterocycles. The minimum atomic E-state index is 0.478. The topological polar surface area (TPSA) is 39.1 Å². The molecule has 0 spiro atoms. The van der Waals surface area contributed by atoms with Gasteiger partial charge in [0.15, 0.2) is 0 Å². The van der Waals surface area contributed by atoms with Gasteiger partial charge in [0.2, 0.25) is 0 Å². The maximum Gasteiger partial charge on any atom is 0.119 e. The van der Waals surface area contributed by atoms with Gasteiger partial charge >= 0.3 is 0 Å². The van der Waals surface area contributed by atoms with Crippen LogP contribution in [-0.4, -0.2) is 22.2 Å². The number of aromatic nitrogens is 2. The summed E-state index contributed by atoms with van der Waals surface area (Å²) < 4.78 is 7.71. The molecule has 4 nitrogen and oxygen atoms in total. The van der Waals surface area contributed by atoms with E-state index in [-0.39, 0.29) is 0 Å². The molecule has 0 aliphatic heterocycles. The molecule has 1 heterocycles. The third kappa shape index (κ3) is 4.75. The lowest BCUT2D eigenvalue weighted by Gasteiger charge is -2.06. The van der Waals surface area contributed by atoms with E-state index in [1.165, 1.54) is 0 Å². The van der Waals surface area contributed by atoms with Crippen LogP contribution in [0.2, 0.25) is 0 Å². The van der Waals surface area contributed by atoms with Gasteiger partial charge in [-0.1, -0.05) is 32.0 Å². The molecule has 0 unspecified atom stereocenters. The molecule has 2 rings (SSSR count). The van der Waals surface area contributed by atoms with Crippen LogP contribution < -0.4 is 10.1 Å². The highest BCUT2D eigenvalue weighted by atomic mass is 16.5. The first-order chi connectivity index (χ1) is 9.24. The normalized spacial score (nSPS) is 10.9. The van der Waals surface area contributed by atoms with Crippen molar-refractivity contribution in [1.29, 1.82) is 0 Å². The number of hydrogen-bond acceptors (Lipinski definition) is 3. The van der Waals surface area contributed by atoms with Crippen LogP contribution >= 0.6 is 0 Å². The molecule has 0 fully saturated rings. The number of benzene rings is 1. The summed E-state index contributed by atoms with van der Waals surface area (Å²) in [5.41, 5.74) is 1.06. The Morgan fingerprint density at radius 2 is 2.05 bits per heavy atom. The number of imidazole rings is 1. The van der Waals surface area contributed by atoms with Gasteiger partial charge in [0, 0.05) is 18.8 Å². The van der Waals surface area contributed by atoms with Crippen LogP contribution in [0.5, 0.6) is 5.75 Å². The van der Waals surface area contributed by atoms with Crippen molar-refractivity contribution in [3.8, 4) is 5.75 Å². The van der Waals surface area contributed by atoms with E-state index in [2.05, 4.69) is 34.9 Å². The quantitative estimate of drug-likeness (QED) is 0.830. The smallest absolute Gasteiger partial charge is 0.119 e. The van der Waals surface area contributed by atoms with Crippen molar-refractivity contribution in [2.45, 2.75) is 33.0 Å². The Kier molecular flexibility index (Phi) is 4.98. The van der Waals surface area contributed by atoms with Gasteiger partial charge in [-0.3, -0.25) is 0 Å². The van der Waals surface area contributed by atoms with Crippen molar-refractivity contribution in [2.24, 2.45) is 0 Å². The summed E-state index contributed by atoms with van der Waals surface area (Å²) in [5, 5.41) is 3.35. The molecule has 1 N–H and O–H groups in total. The van der Waals surface area contributed by atoms with Crippen LogP contribution in [0.1, 0.15) is 19.5 Å². The van der Waals surface area contributed by atoms with Crippen LogP contribution in [0.3, 0.4) is 0 Å². The van der Waals surface area contributed by atoms with E-state index in [1.54, 1.807) is 0 Å². The fraction of sp³-hybridized carbons (Fsp3) is 0.400. The van der Waals surface area contributed by atoms with Gasteiger partial charge in [-0.25, -0.2) is 4.98 Å². The van der Waals surface area contributed by atoms with E-state index in [4.69, 9.17) is 4.74 Å². The van der Waals surface area contributed by atoms with Gasteiger partial charge in [-0.05, 0) is 12.1 Å². The van der Waals surface area contributed by atoms with Gasteiger partial charge in [0.1, 0.15) is 12.4 Å². The van der Waals surface area contributed by atoms with E-state index in [9.17, 15) is 0 Å². The molecule has 2 aromatic rings. The second kappa shape index (κ2) is 6.95. The predicted molar refractivity (Wildman–Crippen MR) is 76.1 cm³/mol. The number of para-hydroxylation sites is 1. The number of rotatable bonds is 7. The number of ether oxygens (including phenoxy) is 1. The lowest BCUT2D eigenvalue weighted by atomic mass is 10.3. The highest BCUT2D eigenvalue weighted by molar-refractivity contribution is 5.20. The minimum absolute atomic E-state index is 0.478. The molecule has 1 aromatic carbocycles. The standard InChI is InChI=1S/C15H21N3O/c1-13(2)16-10-14-11-18(12-17-14)8-9-19-15-6-4-3-5-7-15/h3-7,11-13,16H,8-10H2,1-2H3. The van der Waals surface area contributed by atoms with Crippen molar-refractivity contribution >= 4 is 0 Å². The molecule has 0 aliphatic carbocycles. The second-order valence-corrected chi connectivity index (χ2v) is 4.80. The van der Waals surface area contributed by atoms with Crippen molar-refractivity contribution < 1.29 is 4.74 Å². The van der Waals surface area contributed by atoms with E-state index in [0.29, 0.717) is 12.6 Å². The van der Waals surface area contributed by atoms with Gasteiger partial charge in [0.25, 0.3) is 0 Å². The first-order valence-electron chi connectivity index (χ1n) is 6.66. The van der Waals surface area contributed by atoms with Crippen LogP contribution in [0.15, 0.2) is 42.9 Å². The summed E-state index contributed by atoms with van der Waals surface area (Å²) in [4.78, 5) is 4.36. The molecular weight excluding hydrogens is 238 g/mol. The highest BCUT2D eigenvalue weighted by Gasteiger charge is 2.00. The summed E-state index contributed by atoms with van der Waals surface area (Å²) in [6.07, 6.45) is 3.91. The molecule has 0 saturated carbocycles. The summed E-state index contributed by atoms with van der Waals surface area (Å²) in [7, 11) is 0. The van der Waals surface area contributed by atoms with Crippen molar-refractivity contribution in [3.63, 3.8) is 0 Å². The Bertz CT molecular complexity index is 479. The molecule has 0 saturated heterocycles. The zero-order valence-corrected chi connectivity index (χ0v) is 11.5. The summed E-state index contributed by atoms with van der Waals surface area (Å²) in [6.45, 7) is 6.53. The Morgan fingerprint density at radius 3 is 2.79 bits per heavy atom. The Balaban J connectivity index is 1.74. The summed E-state index contributed by atoms with van der Waals surface area (Å²) in [5.74, 6) is 0.907. The largest absolute Gasteiger partial charge is 0.492 e. The van der Waals surface area contributed by atoms with Crippen LogP contribution in [0, 0.1) is 0 Å². The van der Waals surface area contributed by atoms with Crippen molar-refractivity contribution in [3.05, 3.63) is 48.5 Å². The van der Waals surface area contributed by atoms with Crippen LogP contribution in [0.25, 0.3) is 0 Å². The van der Waals surface area contributed by atoms with Gasteiger partial charge in [-0.2, -0.15) is 0 Å². The molecule has 0 atom stereocenters. The van der Waals surface area contributed by atoms with E-state index >= 15 is 0 Å². The molecule has 102 valence electrons. The number of nitrogens with zero attached hydrogens (tertiary/aromatic N) is 2. The van der Waals surface area contributed by atoms with Gasteiger partial charge < -0.3 is 14.6 Å².